The summed E-state index contributed by atoms with van der Waals surface area (Å²) in [6.07, 6.45) is 22.8. The topological polar surface area (TPSA) is 75.3 Å². The van der Waals surface area contributed by atoms with Gasteiger partial charge in [-0.3, -0.25) is 0 Å². The first-order valence-electron chi connectivity index (χ1n) is 16.9. The summed E-state index contributed by atoms with van der Waals surface area (Å²) in [5.74, 6) is 0.410. The van der Waals surface area contributed by atoms with Crippen LogP contribution in [-0.4, -0.2) is 47.7 Å². The van der Waals surface area contributed by atoms with Crippen LogP contribution in [0.4, 0.5) is 0 Å². The van der Waals surface area contributed by atoms with Crippen LogP contribution < -0.4 is 10.2 Å². The summed E-state index contributed by atoms with van der Waals surface area (Å²) in [4.78, 5) is 17.2. The Kier molecular flexibility index (Phi) is 24.5. The number of nitrogens with one attached hydrogen (secondary N) is 1. The zero-order valence-electron chi connectivity index (χ0n) is 27.3. The third-order valence-electron chi connectivity index (χ3n) is 7.09. The third-order valence-corrected chi connectivity index (χ3v) is 10.2. The van der Waals surface area contributed by atoms with Crippen molar-refractivity contribution in [2.75, 3.05) is 33.0 Å². The average molecular weight is 608 g/mol. The lowest BCUT2D eigenvalue weighted by Gasteiger charge is -2.28. The Morgan fingerprint density at radius 1 is 0.690 bits per heavy atom. The molecule has 0 aliphatic heterocycles. The van der Waals surface area contributed by atoms with Crippen LogP contribution in [0.2, 0.25) is 6.04 Å². The number of rotatable bonds is 29. The van der Waals surface area contributed by atoms with Gasteiger partial charge in [0, 0.05) is 38.5 Å². The highest BCUT2D eigenvalue weighted by Gasteiger charge is 2.39. The number of benzene rings is 1. The number of unbranched alkanes of at least 4 members (excludes halogenated alkanes) is 13. The molecule has 0 saturated heterocycles. The summed E-state index contributed by atoms with van der Waals surface area (Å²) in [5, 5.41) is 0. The molecule has 0 bridgehead atoms. The summed E-state index contributed by atoms with van der Waals surface area (Å²) in [7, 11) is -2.67. The Morgan fingerprint density at radius 2 is 1.19 bits per heavy atom. The fourth-order valence-corrected chi connectivity index (χ4v) is 7.47. The minimum Gasteiger partial charge on any atom is -0.494 e. The van der Waals surface area contributed by atoms with E-state index >= 15 is 0 Å². The van der Waals surface area contributed by atoms with Gasteiger partial charge in [-0.05, 0) is 57.4 Å². The summed E-state index contributed by atoms with van der Waals surface area (Å²) in [5.41, 5.74) is 3.64. The van der Waals surface area contributed by atoms with Gasteiger partial charge in [0.25, 0.3) is 0 Å². The zero-order chi connectivity index (χ0) is 30.6. The van der Waals surface area contributed by atoms with E-state index in [-0.39, 0.29) is 0 Å². The first kappa shape index (κ1) is 38.3. The standard InChI is InChI=1S/C34H61NO6Si/c1-5-9-10-11-12-13-14-15-16-17-18-19-20-21-30-37-33-26-23-32(24-27-33)25-28-34(36)41-35-29-22-31-42(38-6-2,39-7-3)40-8-4/h23-28,35H,5-22,29-31H2,1-4H3/b28-25+. The number of hydrogen-bond acceptors (Lipinski definition) is 7. The molecule has 7 nitrogen and oxygen atoms in total. The van der Waals surface area contributed by atoms with Gasteiger partial charge in [0.2, 0.25) is 0 Å². The molecule has 1 N–H and O–H groups in total. The molecule has 0 unspecified atom stereocenters. The summed E-state index contributed by atoms with van der Waals surface area (Å²) < 4.78 is 23.4. The largest absolute Gasteiger partial charge is 0.500 e. The predicted octanol–water partition coefficient (Wildman–Crippen LogP) is 9.05. The van der Waals surface area contributed by atoms with E-state index in [1.54, 1.807) is 6.08 Å². The molecule has 242 valence electrons. The van der Waals surface area contributed by atoms with E-state index in [0.29, 0.717) is 38.8 Å². The van der Waals surface area contributed by atoms with Crippen molar-refractivity contribution in [2.24, 2.45) is 0 Å². The van der Waals surface area contributed by atoms with E-state index in [9.17, 15) is 4.79 Å². The number of hydroxylamine groups is 1. The zero-order valence-corrected chi connectivity index (χ0v) is 28.3. The van der Waals surface area contributed by atoms with E-state index in [0.717, 1.165) is 24.3 Å². The van der Waals surface area contributed by atoms with Crippen LogP contribution in [0.5, 0.6) is 5.75 Å². The minimum atomic E-state index is -2.67. The van der Waals surface area contributed by atoms with E-state index in [4.69, 9.17) is 22.9 Å². The van der Waals surface area contributed by atoms with Crippen molar-refractivity contribution in [2.45, 2.75) is 130 Å². The first-order chi connectivity index (χ1) is 20.6. The van der Waals surface area contributed by atoms with Gasteiger partial charge in [-0.1, -0.05) is 103 Å². The highest BCUT2D eigenvalue weighted by Crippen LogP contribution is 2.18. The quantitative estimate of drug-likeness (QED) is 0.0421. The summed E-state index contributed by atoms with van der Waals surface area (Å²) in [6.45, 7) is 11.0. The van der Waals surface area contributed by atoms with Crippen molar-refractivity contribution in [3.8, 4) is 5.75 Å². The molecular formula is C34H61NO6Si. The van der Waals surface area contributed by atoms with Crippen LogP contribution in [0, 0.1) is 0 Å². The number of hydrogen-bond donors (Lipinski definition) is 1. The molecular weight excluding hydrogens is 546 g/mol. The molecule has 42 heavy (non-hydrogen) atoms. The van der Waals surface area contributed by atoms with E-state index in [1.807, 2.05) is 45.0 Å². The van der Waals surface area contributed by atoms with Crippen molar-refractivity contribution < 1.29 is 27.6 Å². The maximum Gasteiger partial charge on any atom is 0.500 e. The fraction of sp³-hybridized carbons (Fsp3) is 0.735. The molecule has 1 rings (SSSR count). The van der Waals surface area contributed by atoms with E-state index < -0.39 is 14.8 Å². The molecule has 1 aromatic carbocycles. The molecule has 1 aromatic rings. The van der Waals surface area contributed by atoms with Gasteiger partial charge < -0.3 is 22.9 Å². The second kappa shape index (κ2) is 26.9. The molecule has 0 radical (unpaired) electrons. The Morgan fingerprint density at radius 3 is 1.69 bits per heavy atom. The smallest absolute Gasteiger partial charge is 0.494 e. The van der Waals surface area contributed by atoms with Crippen LogP contribution in [0.15, 0.2) is 30.3 Å². The first-order valence-corrected chi connectivity index (χ1v) is 18.8. The van der Waals surface area contributed by atoms with Crippen molar-refractivity contribution in [3.63, 3.8) is 0 Å². The number of carbonyl (C=O) groups excluding carboxylic acids is 1. The van der Waals surface area contributed by atoms with Crippen molar-refractivity contribution in [1.29, 1.82) is 0 Å². The predicted molar refractivity (Wildman–Crippen MR) is 175 cm³/mol. The van der Waals surface area contributed by atoms with Crippen LogP contribution in [-0.2, 0) is 22.9 Å². The lowest BCUT2D eigenvalue weighted by Crippen LogP contribution is -2.46. The lowest BCUT2D eigenvalue weighted by atomic mass is 10.0. The van der Waals surface area contributed by atoms with Gasteiger partial charge in [0.05, 0.1) is 6.61 Å². The number of carbonyl (C=O) groups is 1. The Hall–Kier alpha value is -1.71. The Labute approximate surface area is 258 Å². The SMILES string of the molecule is CCCCCCCCCCCCCCCCOc1ccc(/C=C/C(=O)ONCCC[Si](OCC)(OCC)OCC)cc1. The normalized spacial score (nSPS) is 11.8. The molecule has 0 saturated carbocycles. The molecule has 0 aliphatic carbocycles. The second-order valence-electron chi connectivity index (χ2n) is 10.7. The maximum absolute atomic E-state index is 12.1. The minimum absolute atomic E-state index is 0.448. The van der Waals surface area contributed by atoms with Crippen LogP contribution in [0.25, 0.3) is 6.08 Å². The highest BCUT2D eigenvalue weighted by atomic mass is 28.4. The lowest BCUT2D eigenvalue weighted by molar-refractivity contribution is -0.144. The molecule has 0 amide bonds. The van der Waals surface area contributed by atoms with Gasteiger partial charge >= 0.3 is 14.8 Å². The molecule has 0 heterocycles. The summed E-state index contributed by atoms with van der Waals surface area (Å²) >= 11 is 0. The highest BCUT2D eigenvalue weighted by molar-refractivity contribution is 6.60. The van der Waals surface area contributed by atoms with Gasteiger partial charge in [-0.15, -0.1) is 0 Å². The van der Waals surface area contributed by atoms with Gasteiger partial charge in [0.1, 0.15) is 5.75 Å². The van der Waals surface area contributed by atoms with Crippen LogP contribution in [0.3, 0.4) is 0 Å². The summed E-state index contributed by atoms with van der Waals surface area (Å²) in [6, 6.07) is 8.43. The number of ether oxygens (including phenoxy) is 1. The molecule has 0 aromatic heterocycles. The van der Waals surface area contributed by atoms with Crippen molar-refractivity contribution >= 4 is 20.8 Å². The maximum atomic E-state index is 12.1. The molecule has 0 spiro atoms. The van der Waals surface area contributed by atoms with Crippen LogP contribution >= 0.6 is 0 Å². The fourth-order valence-electron chi connectivity index (χ4n) is 4.86. The Balaban J connectivity index is 2.09. The van der Waals surface area contributed by atoms with E-state index in [2.05, 4.69) is 12.4 Å². The molecule has 0 aliphatic rings. The van der Waals surface area contributed by atoms with Gasteiger partial charge in [-0.25, -0.2) is 4.79 Å². The average Bonchev–Trinajstić information content (AvgIpc) is 2.99. The monoisotopic (exact) mass is 607 g/mol. The van der Waals surface area contributed by atoms with Crippen molar-refractivity contribution in [3.05, 3.63) is 35.9 Å². The van der Waals surface area contributed by atoms with Gasteiger partial charge in [-0.2, -0.15) is 5.48 Å². The van der Waals surface area contributed by atoms with Crippen molar-refractivity contribution in [1.82, 2.24) is 5.48 Å². The second-order valence-corrected chi connectivity index (χ2v) is 13.5. The molecule has 0 atom stereocenters. The van der Waals surface area contributed by atoms with Crippen LogP contribution in [0.1, 0.15) is 130 Å². The third kappa shape index (κ3) is 20.2. The van der Waals surface area contributed by atoms with E-state index in [1.165, 1.54) is 89.5 Å². The Bertz CT molecular complexity index is 772. The molecule has 0 fully saturated rings. The van der Waals surface area contributed by atoms with Gasteiger partial charge in [0.15, 0.2) is 0 Å². The molecule has 8 heteroatoms.